The Morgan fingerprint density at radius 1 is 0.600 bits per heavy atom. The van der Waals surface area contributed by atoms with Crippen molar-refractivity contribution in [1.82, 2.24) is 0 Å². The second-order valence-corrected chi connectivity index (χ2v) is 5.54. The van der Waals surface area contributed by atoms with Crippen molar-refractivity contribution in [1.29, 1.82) is 0 Å². The molecule has 0 radical (unpaired) electrons. The summed E-state index contributed by atoms with van der Waals surface area (Å²) < 4.78 is 0. The second kappa shape index (κ2) is 4.11. The number of fused-ring (bicyclic) bond motifs is 6. The van der Waals surface area contributed by atoms with Gasteiger partial charge in [0.05, 0.1) is 0 Å². The molecule has 0 saturated heterocycles. The fourth-order valence-electron chi connectivity index (χ4n) is 3.40. The molecular formula is C19H15B. The first-order valence-electron chi connectivity index (χ1n) is 7.07. The third-order valence-electron chi connectivity index (χ3n) is 4.30. The summed E-state index contributed by atoms with van der Waals surface area (Å²) in [5.41, 5.74) is 2.71. The first-order chi connectivity index (χ1) is 9.77. The first kappa shape index (κ1) is 11.5. The van der Waals surface area contributed by atoms with E-state index in [-0.39, 0.29) is 0 Å². The zero-order valence-electron chi connectivity index (χ0n) is 11.8. The molecule has 0 aliphatic heterocycles. The summed E-state index contributed by atoms with van der Waals surface area (Å²) >= 11 is 0. The van der Waals surface area contributed by atoms with Crippen LogP contribution in [0.4, 0.5) is 0 Å². The Labute approximate surface area is 119 Å². The van der Waals surface area contributed by atoms with Gasteiger partial charge in [0.25, 0.3) is 0 Å². The topological polar surface area (TPSA) is 0 Å². The van der Waals surface area contributed by atoms with Crippen LogP contribution >= 0.6 is 0 Å². The molecule has 0 N–H and O–H groups in total. The fourth-order valence-corrected chi connectivity index (χ4v) is 3.40. The van der Waals surface area contributed by atoms with Crippen molar-refractivity contribution in [3.05, 3.63) is 66.2 Å². The van der Waals surface area contributed by atoms with Gasteiger partial charge in [-0.3, -0.25) is 0 Å². The van der Waals surface area contributed by atoms with Crippen molar-refractivity contribution in [2.75, 3.05) is 0 Å². The first-order valence-corrected chi connectivity index (χ1v) is 7.07. The molecule has 0 spiro atoms. The van der Waals surface area contributed by atoms with Gasteiger partial charge in [-0.05, 0) is 44.8 Å². The lowest BCUT2D eigenvalue weighted by molar-refractivity contribution is 1.55. The smallest absolute Gasteiger partial charge is 0.0806 e. The Kier molecular flexibility index (Phi) is 2.37. The standard InChI is InChI=1S/C19H15B/c1-12-6-4-9-15-13-7-2-3-8-14(13)16-10-5-11-17(20)19(16)18(12)15/h2-11H,20H2,1H3. The van der Waals surface area contributed by atoms with E-state index < -0.39 is 0 Å². The largest absolute Gasteiger partial charge is 0.140 e. The van der Waals surface area contributed by atoms with Gasteiger partial charge in [-0.1, -0.05) is 66.1 Å². The van der Waals surface area contributed by atoms with Crippen LogP contribution in [-0.4, -0.2) is 7.85 Å². The molecule has 0 aliphatic carbocycles. The SMILES string of the molecule is Bc1cccc2c3ccccc3c3cccc(C)c3c12. The van der Waals surface area contributed by atoms with Gasteiger partial charge in [-0.25, -0.2) is 0 Å². The molecule has 0 aliphatic rings. The minimum absolute atomic E-state index is 1.35. The average molecular weight is 254 g/mol. The highest BCUT2D eigenvalue weighted by molar-refractivity contribution is 6.44. The van der Waals surface area contributed by atoms with E-state index in [2.05, 4.69) is 75.4 Å². The molecule has 0 unspecified atom stereocenters. The summed E-state index contributed by atoms with van der Waals surface area (Å²) in [6.45, 7) is 2.21. The lowest BCUT2D eigenvalue weighted by Gasteiger charge is -2.14. The van der Waals surface area contributed by atoms with Crippen molar-refractivity contribution in [3.8, 4) is 0 Å². The van der Waals surface area contributed by atoms with Crippen LogP contribution in [0.15, 0.2) is 60.7 Å². The maximum atomic E-state index is 2.25. The van der Waals surface area contributed by atoms with Crippen LogP contribution in [0.2, 0.25) is 0 Å². The summed E-state index contributed by atoms with van der Waals surface area (Å²) in [5, 5.41) is 8.23. The zero-order chi connectivity index (χ0) is 13.7. The molecule has 4 rings (SSSR count). The Bertz CT molecular complexity index is 887. The minimum atomic E-state index is 1.35. The van der Waals surface area contributed by atoms with Crippen LogP contribution in [0, 0.1) is 6.92 Å². The van der Waals surface area contributed by atoms with Crippen LogP contribution < -0.4 is 5.46 Å². The monoisotopic (exact) mass is 254 g/mol. The highest BCUT2D eigenvalue weighted by atomic mass is 14.1. The molecule has 1 heteroatoms. The van der Waals surface area contributed by atoms with Crippen molar-refractivity contribution in [3.63, 3.8) is 0 Å². The molecule has 4 aromatic carbocycles. The number of benzene rings is 4. The molecule has 0 atom stereocenters. The predicted octanol–water partition coefficient (Wildman–Crippen LogP) is 3.71. The Morgan fingerprint density at radius 3 is 1.85 bits per heavy atom. The van der Waals surface area contributed by atoms with Crippen molar-refractivity contribution < 1.29 is 0 Å². The summed E-state index contributed by atoms with van der Waals surface area (Å²) in [6.07, 6.45) is 0. The molecule has 0 heterocycles. The summed E-state index contributed by atoms with van der Waals surface area (Å²) in [6, 6.07) is 22.0. The lowest BCUT2D eigenvalue weighted by atomic mass is 9.84. The number of rotatable bonds is 0. The zero-order valence-corrected chi connectivity index (χ0v) is 11.8. The highest BCUT2D eigenvalue weighted by Gasteiger charge is 2.10. The molecule has 0 fully saturated rings. The van der Waals surface area contributed by atoms with Gasteiger partial charge in [0.2, 0.25) is 0 Å². The van der Waals surface area contributed by atoms with E-state index in [0.29, 0.717) is 0 Å². The maximum absolute atomic E-state index is 2.25. The highest BCUT2D eigenvalue weighted by Crippen LogP contribution is 2.35. The quantitative estimate of drug-likeness (QED) is 0.331. The number of hydrogen-bond donors (Lipinski definition) is 0. The third-order valence-corrected chi connectivity index (χ3v) is 4.30. The predicted molar refractivity (Wildman–Crippen MR) is 91.9 cm³/mol. The molecule has 0 saturated carbocycles. The minimum Gasteiger partial charge on any atom is -0.0806 e. The average Bonchev–Trinajstić information content (AvgIpc) is 2.48. The van der Waals surface area contributed by atoms with Crippen molar-refractivity contribution in [2.24, 2.45) is 0 Å². The van der Waals surface area contributed by atoms with Crippen LogP contribution in [0.5, 0.6) is 0 Å². The molecule has 0 nitrogen and oxygen atoms in total. The maximum Gasteiger partial charge on any atom is 0.140 e. The van der Waals surface area contributed by atoms with Crippen LogP contribution in [0.3, 0.4) is 0 Å². The van der Waals surface area contributed by atoms with Gasteiger partial charge in [0.15, 0.2) is 0 Å². The van der Waals surface area contributed by atoms with Gasteiger partial charge in [-0.15, -0.1) is 0 Å². The van der Waals surface area contributed by atoms with Gasteiger partial charge >= 0.3 is 0 Å². The Balaban J connectivity index is 2.49. The van der Waals surface area contributed by atoms with Crippen LogP contribution in [0.1, 0.15) is 5.56 Å². The molecule has 0 aromatic heterocycles. The van der Waals surface area contributed by atoms with Crippen molar-refractivity contribution >= 4 is 45.6 Å². The normalized spacial score (nSPS) is 11.4. The van der Waals surface area contributed by atoms with E-state index in [1.54, 1.807) is 0 Å². The molecule has 4 aromatic rings. The molecule has 20 heavy (non-hydrogen) atoms. The van der Waals surface area contributed by atoms with Gasteiger partial charge < -0.3 is 0 Å². The van der Waals surface area contributed by atoms with Crippen LogP contribution in [0.25, 0.3) is 32.3 Å². The number of aryl methyl sites for hydroxylation is 1. The molecule has 0 bridgehead atoms. The third kappa shape index (κ3) is 1.44. The molecule has 0 amide bonds. The van der Waals surface area contributed by atoms with Gasteiger partial charge in [0.1, 0.15) is 7.85 Å². The molecule has 94 valence electrons. The van der Waals surface area contributed by atoms with E-state index in [9.17, 15) is 0 Å². The molecular weight excluding hydrogens is 239 g/mol. The van der Waals surface area contributed by atoms with Gasteiger partial charge in [0, 0.05) is 0 Å². The Morgan fingerprint density at radius 2 is 1.15 bits per heavy atom. The van der Waals surface area contributed by atoms with E-state index >= 15 is 0 Å². The van der Waals surface area contributed by atoms with Crippen molar-refractivity contribution in [2.45, 2.75) is 6.92 Å². The summed E-state index contributed by atoms with van der Waals surface area (Å²) in [5.74, 6) is 0. The van der Waals surface area contributed by atoms with E-state index in [4.69, 9.17) is 0 Å². The Hall–Kier alpha value is -2.28. The summed E-state index contributed by atoms with van der Waals surface area (Å²) in [7, 11) is 2.21. The van der Waals surface area contributed by atoms with E-state index in [1.165, 1.54) is 43.3 Å². The summed E-state index contributed by atoms with van der Waals surface area (Å²) in [4.78, 5) is 0. The van der Waals surface area contributed by atoms with Gasteiger partial charge in [-0.2, -0.15) is 0 Å². The van der Waals surface area contributed by atoms with E-state index in [0.717, 1.165) is 0 Å². The number of hydrogen-bond acceptors (Lipinski definition) is 0. The van der Waals surface area contributed by atoms with Crippen LogP contribution in [-0.2, 0) is 0 Å². The lowest BCUT2D eigenvalue weighted by Crippen LogP contribution is -2.04. The second-order valence-electron chi connectivity index (χ2n) is 5.54. The fraction of sp³-hybridized carbons (Fsp3) is 0.0526. The van der Waals surface area contributed by atoms with E-state index in [1.807, 2.05) is 0 Å².